The molecule has 0 aliphatic rings. The van der Waals surface area contributed by atoms with E-state index in [1.165, 1.54) is 6.21 Å². The molecular weight excluding hydrogens is 386 g/mol. The Morgan fingerprint density at radius 2 is 1.96 bits per heavy atom. The van der Waals surface area contributed by atoms with Gasteiger partial charge < -0.3 is 21.5 Å². The molecule has 0 aliphatic carbocycles. The molecule has 0 saturated carbocycles. The Labute approximate surface area is 153 Å². The minimum absolute atomic E-state index is 0.140. The van der Waals surface area contributed by atoms with Gasteiger partial charge in [-0.3, -0.25) is 4.79 Å². The molecule has 0 bridgehead atoms. The van der Waals surface area contributed by atoms with E-state index in [1.54, 1.807) is 18.2 Å². The summed E-state index contributed by atoms with van der Waals surface area (Å²) in [5.41, 5.74) is 12.9. The van der Waals surface area contributed by atoms with E-state index in [2.05, 4.69) is 31.4 Å². The topological polar surface area (TPSA) is 115 Å². The van der Waals surface area contributed by atoms with E-state index in [0.717, 1.165) is 10.0 Å². The number of nitrogens with one attached hydrogen (secondary N) is 1. The van der Waals surface area contributed by atoms with Gasteiger partial charge in [0.2, 0.25) is 5.96 Å². The number of hydrogen-bond donors (Lipinski definition) is 3. The van der Waals surface area contributed by atoms with Gasteiger partial charge in [0.25, 0.3) is 5.91 Å². The smallest absolute Gasteiger partial charge is 0.262 e. The van der Waals surface area contributed by atoms with Gasteiger partial charge in [-0.1, -0.05) is 33.6 Å². The van der Waals surface area contributed by atoms with Crippen molar-refractivity contribution in [3.63, 3.8) is 0 Å². The maximum Gasteiger partial charge on any atom is 0.262 e. The molecule has 2 rings (SSSR count). The lowest BCUT2D eigenvalue weighted by Crippen LogP contribution is -2.21. The maximum atomic E-state index is 12.0. The molecular formula is C17H18BrN5O2. The van der Waals surface area contributed by atoms with Crippen LogP contribution in [0.3, 0.4) is 0 Å². The van der Waals surface area contributed by atoms with Gasteiger partial charge in [0.05, 0.1) is 6.21 Å². The minimum atomic E-state index is -0.265. The van der Waals surface area contributed by atoms with Crippen LogP contribution in [-0.4, -0.2) is 24.7 Å². The van der Waals surface area contributed by atoms with Crippen LogP contribution in [0, 0.1) is 6.92 Å². The van der Waals surface area contributed by atoms with Gasteiger partial charge in [0.1, 0.15) is 5.75 Å². The molecule has 2 aromatic carbocycles. The highest BCUT2D eigenvalue weighted by Crippen LogP contribution is 2.22. The van der Waals surface area contributed by atoms with Crippen LogP contribution in [0.5, 0.6) is 5.75 Å². The monoisotopic (exact) mass is 403 g/mol. The summed E-state index contributed by atoms with van der Waals surface area (Å²) in [4.78, 5) is 12.0. The van der Waals surface area contributed by atoms with Crippen molar-refractivity contribution in [2.75, 3.05) is 11.9 Å². The number of guanidine groups is 1. The van der Waals surface area contributed by atoms with Crippen LogP contribution < -0.4 is 21.5 Å². The van der Waals surface area contributed by atoms with E-state index < -0.39 is 0 Å². The van der Waals surface area contributed by atoms with E-state index in [1.807, 2.05) is 31.2 Å². The van der Waals surface area contributed by atoms with Gasteiger partial charge in [-0.25, -0.2) is 0 Å². The van der Waals surface area contributed by atoms with E-state index in [0.29, 0.717) is 17.0 Å². The first-order valence-electron chi connectivity index (χ1n) is 7.35. The lowest BCUT2D eigenvalue weighted by Gasteiger charge is -2.10. The number of aryl methyl sites for hydroxylation is 1. The van der Waals surface area contributed by atoms with Crippen LogP contribution in [0.15, 0.2) is 57.1 Å². The number of halogens is 1. The molecule has 8 heteroatoms. The fourth-order valence-corrected chi connectivity index (χ4v) is 2.27. The zero-order chi connectivity index (χ0) is 18.2. The van der Waals surface area contributed by atoms with Gasteiger partial charge in [0.15, 0.2) is 6.61 Å². The molecule has 0 heterocycles. The molecule has 0 radical (unpaired) electrons. The molecule has 0 unspecified atom stereocenters. The zero-order valence-electron chi connectivity index (χ0n) is 13.6. The minimum Gasteiger partial charge on any atom is -0.483 e. The predicted octanol–water partition coefficient (Wildman–Crippen LogP) is 2.38. The number of rotatable bonds is 6. The molecule has 5 N–H and O–H groups in total. The molecule has 7 nitrogen and oxygen atoms in total. The van der Waals surface area contributed by atoms with Crippen molar-refractivity contribution in [1.29, 1.82) is 0 Å². The highest BCUT2D eigenvalue weighted by Gasteiger charge is 2.07. The van der Waals surface area contributed by atoms with Gasteiger partial charge in [-0.2, -0.15) is 5.10 Å². The molecule has 0 spiro atoms. The third-order valence-corrected chi connectivity index (χ3v) is 3.53. The Kier molecular flexibility index (Phi) is 6.53. The summed E-state index contributed by atoms with van der Waals surface area (Å²) in [6.07, 6.45) is 1.44. The summed E-state index contributed by atoms with van der Waals surface area (Å²) in [7, 11) is 0. The zero-order valence-corrected chi connectivity index (χ0v) is 15.2. The first kappa shape index (κ1) is 18.5. The summed E-state index contributed by atoms with van der Waals surface area (Å²) in [5.74, 6) is 0.0712. The van der Waals surface area contributed by atoms with Crippen LogP contribution in [0.2, 0.25) is 0 Å². The molecule has 25 heavy (non-hydrogen) atoms. The summed E-state index contributed by atoms with van der Waals surface area (Å²) in [6.45, 7) is 1.84. The van der Waals surface area contributed by atoms with Gasteiger partial charge in [-0.15, -0.1) is 5.10 Å². The number of carbonyl (C=O) groups excluding carboxylic acids is 1. The number of hydrogen-bond acceptors (Lipinski definition) is 4. The first-order valence-corrected chi connectivity index (χ1v) is 8.14. The number of carbonyl (C=O) groups is 1. The second-order valence-electron chi connectivity index (χ2n) is 5.15. The number of benzene rings is 2. The molecule has 1 amide bonds. The highest BCUT2D eigenvalue weighted by atomic mass is 79.9. The normalized spacial score (nSPS) is 10.5. The highest BCUT2D eigenvalue weighted by molar-refractivity contribution is 9.10. The number of amides is 1. The third-order valence-electron chi connectivity index (χ3n) is 3.04. The fourth-order valence-electron chi connectivity index (χ4n) is 1.89. The Bertz CT molecular complexity index is 799. The molecule has 0 atom stereocenters. The van der Waals surface area contributed by atoms with Crippen LogP contribution in [0.1, 0.15) is 11.1 Å². The van der Waals surface area contributed by atoms with Crippen molar-refractivity contribution >= 4 is 39.7 Å². The molecule has 0 fully saturated rings. The molecule has 0 aliphatic heterocycles. The second kappa shape index (κ2) is 8.84. The SMILES string of the molecule is Cc1ccc(NC(=O)COc2ccc(Br)cc2C=NN=C(N)N)cc1. The Balaban J connectivity index is 2.01. The van der Waals surface area contributed by atoms with Crippen molar-refractivity contribution in [3.05, 3.63) is 58.1 Å². The van der Waals surface area contributed by atoms with Crippen LogP contribution in [0.25, 0.3) is 0 Å². The summed E-state index contributed by atoms with van der Waals surface area (Å²) < 4.78 is 6.40. The van der Waals surface area contributed by atoms with Crippen molar-refractivity contribution in [3.8, 4) is 5.75 Å². The van der Waals surface area contributed by atoms with Crippen LogP contribution in [-0.2, 0) is 4.79 Å². The largest absolute Gasteiger partial charge is 0.483 e. The Morgan fingerprint density at radius 1 is 1.24 bits per heavy atom. The average Bonchev–Trinajstić information content (AvgIpc) is 2.56. The van der Waals surface area contributed by atoms with E-state index in [-0.39, 0.29) is 18.5 Å². The van der Waals surface area contributed by atoms with Crippen molar-refractivity contribution in [1.82, 2.24) is 0 Å². The fraction of sp³-hybridized carbons (Fsp3) is 0.118. The van der Waals surface area contributed by atoms with E-state index in [4.69, 9.17) is 16.2 Å². The number of ether oxygens (including phenoxy) is 1. The van der Waals surface area contributed by atoms with Crippen molar-refractivity contribution in [2.24, 2.45) is 21.7 Å². The average molecular weight is 404 g/mol. The molecule has 0 saturated heterocycles. The van der Waals surface area contributed by atoms with Crippen LogP contribution >= 0.6 is 15.9 Å². The van der Waals surface area contributed by atoms with E-state index >= 15 is 0 Å². The quantitative estimate of drug-likeness (QED) is 0.390. The first-order chi connectivity index (χ1) is 11.9. The standard InChI is InChI=1S/C17H18BrN5O2/c1-11-2-5-14(6-3-11)22-16(24)10-25-15-7-4-13(18)8-12(15)9-21-23-17(19)20/h2-9H,10H2,1H3,(H,22,24)(H4,19,20,23). The second-order valence-corrected chi connectivity index (χ2v) is 6.07. The third kappa shape index (κ3) is 6.27. The van der Waals surface area contributed by atoms with Crippen molar-refractivity contribution in [2.45, 2.75) is 6.92 Å². The van der Waals surface area contributed by atoms with Crippen LogP contribution in [0.4, 0.5) is 5.69 Å². The lowest BCUT2D eigenvalue weighted by molar-refractivity contribution is -0.118. The number of anilines is 1. The van der Waals surface area contributed by atoms with Gasteiger partial charge in [0, 0.05) is 15.7 Å². The maximum absolute atomic E-state index is 12.0. The molecule has 130 valence electrons. The molecule has 0 aromatic heterocycles. The summed E-state index contributed by atoms with van der Waals surface area (Å²) >= 11 is 3.37. The van der Waals surface area contributed by atoms with Gasteiger partial charge >= 0.3 is 0 Å². The summed E-state index contributed by atoms with van der Waals surface area (Å²) in [6, 6.07) is 12.8. The predicted molar refractivity (Wildman–Crippen MR) is 103 cm³/mol. The summed E-state index contributed by atoms with van der Waals surface area (Å²) in [5, 5.41) is 10.1. The lowest BCUT2D eigenvalue weighted by atomic mass is 10.2. The Hall–Kier alpha value is -2.87. The van der Waals surface area contributed by atoms with Crippen molar-refractivity contribution < 1.29 is 9.53 Å². The Morgan fingerprint density at radius 3 is 2.64 bits per heavy atom. The number of nitrogens with zero attached hydrogens (tertiary/aromatic N) is 2. The van der Waals surface area contributed by atoms with Gasteiger partial charge in [-0.05, 0) is 37.3 Å². The number of nitrogens with two attached hydrogens (primary N) is 2. The molecule has 2 aromatic rings. The van der Waals surface area contributed by atoms with E-state index in [9.17, 15) is 4.79 Å².